The van der Waals surface area contributed by atoms with Crippen LogP contribution in [0.4, 0.5) is 13.2 Å². The molecule has 1 aliphatic rings. The van der Waals surface area contributed by atoms with Crippen molar-refractivity contribution in [3.05, 3.63) is 40.5 Å². The molecule has 5 nitrogen and oxygen atoms in total. The lowest BCUT2D eigenvalue weighted by Gasteiger charge is -2.22. The molecule has 140 valence electrons. The van der Waals surface area contributed by atoms with E-state index in [9.17, 15) is 18.3 Å². The maximum Gasteiger partial charge on any atom is 0.416 e. The topological polar surface area (TPSA) is 67.3 Å². The van der Waals surface area contributed by atoms with Crippen molar-refractivity contribution in [2.75, 3.05) is 13.2 Å². The van der Waals surface area contributed by atoms with Gasteiger partial charge in [-0.1, -0.05) is 11.6 Å². The summed E-state index contributed by atoms with van der Waals surface area (Å²) >= 11 is 5.93. The number of hydrogen-bond acceptors (Lipinski definition) is 5. The smallest absolute Gasteiger partial charge is 0.416 e. The van der Waals surface area contributed by atoms with Gasteiger partial charge in [-0.05, 0) is 37.1 Å². The number of aromatic hydroxyl groups is 1. The van der Waals surface area contributed by atoms with Crippen LogP contribution in [0, 0.1) is 0 Å². The quantitative estimate of drug-likeness (QED) is 0.835. The van der Waals surface area contributed by atoms with E-state index < -0.39 is 17.5 Å². The molecule has 1 aliphatic heterocycles. The fourth-order valence-electron chi connectivity index (χ4n) is 2.75. The average Bonchev–Trinajstić information content (AvgIpc) is 2.60. The fraction of sp³-hybridized carbons (Fsp3) is 0.412. The maximum absolute atomic E-state index is 12.8. The van der Waals surface area contributed by atoms with Gasteiger partial charge >= 0.3 is 6.18 Å². The minimum absolute atomic E-state index is 0.0242. The van der Waals surface area contributed by atoms with E-state index in [1.165, 1.54) is 0 Å². The molecular formula is C17H17ClF3N3O2. The molecule has 0 atom stereocenters. The average molecular weight is 388 g/mol. The van der Waals surface area contributed by atoms with Gasteiger partial charge in [-0.3, -0.25) is 0 Å². The van der Waals surface area contributed by atoms with Gasteiger partial charge < -0.3 is 15.2 Å². The zero-order valence-electron chi connectivity index (χ0n) is 13.7. The van der Waals surface area contributed by atoms with Gasteiger partial charge in [-0.25, -0.2) is 0 Å². The molecular weight excluding hydrogens is 371 g/mol. The fourth-order valence-corrected chi connectivity index (χ4v) is 3.06. The third-order valence-electron chi connectivity index (χ3n) is 4.17. The summed E-state index contributed by atoms with van der Waals surface area (Å²) in [6.45, 7) is 1.98. The molecule has 0 aliphatic carbocycles. The van der Waals surface area contributed by atoms with Crippen LogP contribution in [0.2, 0.25) is 5.02 Å². The van der Waals surface area contributed by atoms with Crippen molar-refractivity contribution in [2.45, 2.75) is 31.6 Å². The first kappa shape index (κ1) is 18.9. The molecule has 1 aromatic heterocycles. The van der Waals surface area contributed by atoms with E-state index in [1.807, 2.05) is 0 Å². The lowest BCUT2D eigenvalue weighted by molar-refractivity contribution is -0.137. The SMILES string of the molecule is Oc1cc(C(F)(F)F)cc(Cl)c1-c1ccc(CNC2CCOCC2)nn1. The number of halogens is 4. The van der Waals surface area contributed by atoms with E-state index in [0.29, 0.717) is 24.3 Å². The highest BCUT2D eigenvalue weighted by atomic mass is 35.5. The monoisotopic (exact) mass is 387 g/mol. The van der Waals surface area contributed by atoms with Gasteiger partial charge in [0.15, 0.2) is 0 Å². The predicted octanol–water partition coefficient (Wildman–Crippen LogP) is 3.79. The highest BCUT2D eigenvalue weighted by molar-refractivity contribution is 6.33. The van der Waals surface area contributed by atoms with Gasteiger partial charge in [0, 0.05) is 25.8 Å². The normalized spacial score (nSPS) is 16.0. The van der Waals surface area contributed by atoms with Crippen LogP contribution >= 0.6 is 11.6 Å². The number of phenolic OH excluding ortho intramolecular Hbond substituents is 1. The number of aromatic nitrogens is 2. The lowest BCUT2D eigenvalue weighted by Crippen LogP contribution is -2.34. The summed E-state index contributed by atoms with van der Waals surface area (Å²) in [5.41, 5.74) is -0.107. The van der Waals surface area contributed by atoms with Crippen molar-refractivity contribution >= 4 is 11.6 Å². The van der Waals surface area contributed by atoms with Crippen molar-refractivity contribution in [1.82, 2.24) is 15.5 Å². The third kappa shape index (κ3) is 4.44. The summed E-state index contributed by atoms with van der Waals surface area (Å²) in [5.74, 6) is -0.591. The Morgan fingerprint density at radius 3 is 2.50 bits per heavy atom. The lowest BCUT2D eigenvalue weighted by atomic mass is 10.1. The summed E-state index contributed by atoms with van der Waals surface area (Å²) in [7, 11) is 0. The zero-order valence-corrected chi connectivity index (χ0v) is 14.4. The van der Waals surface area contributed by atoms with Gasteiger partial charge in [-0.15, -0.1) is 0 Å². The van der Waals surface area contributed by atoms with Crippen LogP contribution in [-0.4, -0.2) is 34.6 Å². The Balaban J connectivity index is 1.74. The number of rotatable bonds is 4. The highest BCUT2D eigenvalue weighted by Crippen LogP contribution is 2.40. The second kappa shape index (κ2) is 7.77. The molecule has 2 heterocycles. The van der Waals surface area contributed by atoms with Crippen LogP contribution in [0.3, 0.4) is 0 Å². The highest BCUT2D eigenvalue weighted by Gasteiger charge is 2.32. The first-order valence-electron chi connectivity index (χ1n) is 8.08. The number of hydrogen-bond donors (Lipinski definition) is 2. The molecule has 0 saturated carbocycles. The van der Waals surface area contributed by atoms with Crippen molar-refractivity contribution in [2.24, 2.45) is 0 Å². The number of benzene rings is 1. The Morgan fingerprint density at radius 2 is 1.92 bits per heavy atom. The molecule has 0 amide bonds. The molecule has 0 unspecified atom stereocenters. The predicted molar refractivity (Wildman–Crippen MR) is 89.8 cm³/mol. The molecule has 0 bridgehead atoms. The van der Waals surface area contributed by atoms with E-state index in [4.69, 9.17) is 16.3 Å². The molecule has 2 N–H and O–H groups in total. The molecule has 1 fully saturated rings. The molecule has 26 heavy (non-hydrogen) atoms. The van der Waals surface area contributed by atoms with E-state index in [-0.39, 0.29) is 16.3 Å². The zero-order chi connectivity index (χ0) is 18.7. The van der Waals surface area contributed by atoms with Gasteiger partial charge in [-0.2, -0.15) is 23.4 Å². The van der Waals surface area contributed by atoms with Gasteiger partial charge in [0.1, 0.15) is 5.75 Å². The van der Waals surface area contributed by atoms with E-state index in [2.05, 4.69) is 15.5 Å². The van der Waals surface area contributed by atoms with Crippen LogP contribution in [0.25, 0.3) is 11.3 Å². The van der Waals surface area contributed by atoms with Crippen molar-refractivity contribution in [3.8, 4) is 17.0 Å². The first-order chi connectivity index (χ1) is 12.3. The van der Waals surface area contributed by atoms with Crippen LogP contribution in [-0.2, 0) is 17.5 Å². The van der Waals surface area contributed by atoms with Gasteiger partial charge in [0.2, 0.25) is 0 Å². The van der Waals surface area contributed by atoms with Crippen LogP contribution in [0.15, 0.2) is 24.3 Å². The number of ether oxygens (including phenoxy) is 1. The van der Waals surface area contributed by atoms with E-state index in [1.54, 1.807) is 12.1 Å². The molecule has 1 aromatic carbocycles. The van der Waals surface area contributed by atoms with Crippen LogP contribution in [0.1, 0.15) is 24.1 Å². The molecule has 0 radical (unpaired) electrons. The minimum Gasteiger partial charge on any atom is -0.507 e. The van der Waals surface area contributed by atoms with Crippen LogP contribution in [0.5, 0.6) is 5.75 Å². The molecule has 2 aromatic rings. The summed E-state index contributed by atoms with van der Waals surface area (Å²) in [5, 5.41) is 21.1. The number of nitrogens with zero attached hydrogens (tertiary/aromatic N) is 2. The summed E-state index contributed by atoms with van der Waals surface area (Å²) in [6, 6.07) is 5.02. The van der Waals surface area contributed by atoms with Crippen molar-refractivity contribution in [3.63, 3.8) is 0 Å². The van der Waals surface area contributed by atoms with Crippen molar-refractivity contribution < 1.29 is 23.0 Å². The van der Waals surface area contributed by atoms with Crippen molar-refractivity contribution in [1.29, 1.82) is 0 Å². The standard InChI is InChI=1S/C17H17ClF3N3O2/c18-13-7-10(17(19,20)21)8-15(25)16(13)14-2-1-12(23-24-14)9-22-11-3-5-26-6-4-11/h1-2,7-8,11,22,25H,3-6,9H2. The number of phenols is 1. The Bertz CT molecular complexity index is 740. The summed E-state index contributed by atoms with van der Waals surface area (Å²) < 4.78 is 43.6. The van der Waals surface area contributed by atoms with Gasteiger partial charge in [0.25, 0.3) is 0 Å². The Morgan fingerprint density at radius 1 is 1.19 bits per heavy atom. The van der Waals surface area contributed by atoms with E-state index in [0.717, 1.165) is 32.1 Å². The molecule has 9 heteroatoms. The number of alkyl halides is 3. The molecule has 0 spiro atoms. The molecule has 3 rings (SSSR count). The van der Waals surface area contributed by atoms with Gasteiger partial charge in [0.05, 0.1) is 27.5 Å². The second-order valence-electron chi connectivity index (χ2n) is 6.03. The van der Waals surface area contributed by atoms with E-state index >= 15 is 0 Å². The Labute approximate surface area is 153 Å². The number of nitrogens with one attached hydrogen (secondary N) is 1. The first-order valence-corrected chi connectivity index (χ1v) is 8.46. The second-order valence-corrected chi connectivity index (χ2v) is 6.43. The van der Waals surface area contributed by atoms with Crippen LogP contribution < -0.4 is 5.32 Å². The molecule has 1 saturated heterocycles. The summed E-state index contributed by atoms with van der Waals surface area (Å²) in [4.78, 5) is 0. The maximum atomic E-state index is 12.8. The Kier molecular flexibility index (Phi) is 5.64. The Hall–Kier alpha value is -1.90. The summed E-state index contributed by atoms with van der Waals surface area (Å²) in [6.07, 6.45) is -2.73. The largest absolute Gasteiger partial charge is 0.507 e. The minimum atomic E-state index is -4.59. The third-order valence-corrected chi connectivity index (χ3v) is 4.46.